The topological polar surface area (TPSA) is 3.24 Å². The smallest absolute Gasteiger partial charge is 0.0632 e. The van der Waals surface area contributed by atoms with Crippen LogP contribution < -0.4 is 4.90 Å². The van der Waals surface area contributed by atoms with Crippen LogP contribution in [0.25, 0.3) is 0 Å². The normalized spacial score (nSPS) is 23.3. The van der Waals surface area contributed by atoms with Crippen LogP contribution in [0.2, 0.25) is 0 Å². The zero-order chi connectivity index (χ0) is 27.7. The summed E-state index contributed by atoms with van der Waals surface area (Å²) in [7, 11) is 0. The Balaban J connectivity index is 1.81. The Bertz CT molecular complexity index is 1610. The lowest BCUT2D eigenvalue weighted by atomic mass is 9.67. The highest BCUT2D eigenvalue weighted by molar-refractivity contribution is 5.82. The van der Waals surface area contributed by atoms with Crippen molar-refractivity contribution < 1.29 is 0 Å². The third kappa shape index (κ3) is 4.14. The summed E-state index contributed by atoms with van der Waals surface area (Å²) in [5.41, 5.74) is 14.3. The quantitative estimate of drug-likeness (QED) is 0.263. The predicted molar refractivity (Wildman–Crippen MR) is 168 cm³/mol. The van der Waals surface area contributed by atoms with Crippen LogP contribution in [0.5, 0.6) is 0 Å². The van der Waals surface area contributed by atoms with Gasteiger partial charge in [-0.25, -0.2) is 0 Å². The van der Waals surface area contributed by atoms with E-state index in [9.17, 15) is 0 Å². The highest BCUT2D eigenvalue weighted by Crippen LogP contribution is 2.67. The number of rotatable bonds is 7. The van der Waals surface area contributed by atoms with Gasteiger partial charge in [0.15, 0.2) is 0 Å². The molecule has 4 aliphatic carbocycles. The highest BCUT2D eigenvalue weighted by Gasteiger charge is 2.55. The number of benzene rings is 1. The number of hydrogen-bond acceptors (Lipinski definition) is 1. The molecule has 0 heterocycles. The molecule has 1 aromatic carbocycles. The van der Waals surface area contributed by atoms with Crippen LogP contribution in [0.3, 0.4) is 0 Å². The van der Waals surface area contributed by atoms with Gasteiger partial charge in [-0.1, -0.05) is 91.5 Å². The van der Waals surface area contributed by atoms with Crippen molar-refractivity contribution in [3.05, 3.63) is 172 Å². The van der Waals surface area contributed by atoms with Gasteiger partial charge in [-0.05, 0) is 109 Å². The van der Waals surface area contributed by atoms with Gasteiger partial charge in [0.1, 0.15) is 0 Å². The Labute approximate surface area is 234 Å². The summed E-state index contributed by atoms with van der Waals surface area (Å²) in [6, 6.07) is 8.61. The molecular weight excluding hydrogens is 470 g/mol. The molecule has 1 aromatic rings. The van der Waals surface area contributed by atoms with Gasteiger partial charge in [-0.15, -0.1) is 6.42 Å². The first-order chi connectivity index (χ1) is 18.8. The second kappa shape index (κ2) is 10.3. The maximum absolute atomic E-state index is 5.66. The average Bonchev–Trinajstić information content (AvgIpc) is 3.67. The van der Waals surface area contributed by atoms with Gasteiger partial charge < -0.3 is 4.90 Å². The monoisotopic (exact) mass is 505 g/mol. The van der Waals surface area contributed by atoms with Crippen molar-refractivity contribution in [2.45, 2.75) is 33.6 Å². The predicted octanol–water partition coefficient (Wildman–Crippen LogP) is 9.48. The van der Waals surface area contributed by atoms with Gasteiger partial charge in [0.25, 0.3) is 0 Å². The standard InChI is InChI=1S/C38H35N/c1-8-10-14-31-29(7)38(35-17-11-15-33(31)35)36-18-12-16-34(36)32(13-9-2)37(38)25-39(28(6)22-19-26(3)4)30-23-20-27(5)21-24-30/h1,9-16,19-25H,2-3,6,17-18H2,4-5,7H3/b14-10-,22-19-,32-13-,37-25+. The molecule has 0 bridgehead atoms. The Morgan fingerprint density at radius 2 is 1.67 bits per heavy atom. The first-order valence-corrected chi connectivity index (χ1v) is 13.4. The molecule has 1 nitrogen and oxygen atoms in total. The summed E-state index contributed by atoms with van der Waals surface area (Å²) in [4.78, 5) is 2.21. The zero-order valence-corrected chi connectivity index (χ0v) is 23.2. The molecule has 0 N–H and O–H groups in total. The van der Waals surface area contributed by atoms with Crippen molar-refractivity contribution in [1.82, 2.24) is 0 Å². The Morgan fingerprint density at radius 1 is 1.00 bits per heavy atom. The number of anilines is 1. The zero-order valence-electron chi connectivity index (χ0n) is 23.2. The van der Waals surface area contributed by atoms with E-state index in [1.165, 1.54) is 50.1 Å². The van der Waals surface area contributed by atoms with Gasteiger partial charge in [-0.2, -0.15) is 0 Å². The summed E-state index contributed by atoms with van der Waals surface area (Å²) in [5.74, 6) is 2.70. The van der Waals surface area contributed by atoms with Crippen molar-refractivity contribution in [1.29, 1.82) is 0 Å². The summed E-state index contributed by atoms with van der Waals surface area (Å²) in [6.07, 6.45) is 31.0. The van der Waals surface area contributed by atoms with Crippen LogP contribution >= 0.6 is 0 Å². The lowest BCUT2D eigenvalue weighted by molar-refractivity contribution is 0.620. The largest absolute Gasteiger partial charge is 0.317 e. The highest BCUT2D eigenvalue weighted by atomic mass is 15.1. The van der Waals surface area contributed by atoms with Crippen LogP contribution in [0.1, 0.15) is 32.3 Å². The molecule has 0 saturated heterocycles. The SMILES string of the molecule is C#C/C=C\C1=C(C)C2(C3=C1C=CC3)C1=C(C=CC1)C(=C/C=C)/C2=C\N(C(=C)/C=C\C(=C)C)c1ccc(C)cc1. The van der Waals surface area contributed by atoms with E-state index >= 15 is 0 Å². The van der Waals surface area contributed by atoms with E-state index in [4.69, 9.17) is 6.42 Å². The van der Waals surface area contributed by atoms with Gasteiger partial charge in [0.05, 0.1) is 5.41 Å². The second-order valence-electron chi connectivity index (χ2n) is 10.5. The van der Waals surface area contributed by atoms with Gasteiger partial charge in [0.2, 0.25) is 0 Å². The van der Waals surface area contributed by atoms with Crippen LogP contribution in [0, 0.1) is 24.7 Å². The minimum Gasteiger partial charge on any atom is -0.317 e. The van der Waals surface area contributed by atoms with Crippen LogP contribution in [0.4, 0.5) is 5.69 Å². The third-order valence-corrected chi connectivity index (χ3v) is 8.08. The van der Waals surface area contributed by atoms with Crippen LogP contribution in [-0.2, 0) is 0 Å². The molecule has 5 rings (SSSR count). The Hall–Kier alpha value is -4.54. The lowest BCUT2D eigenvalue weighted by Gasteiger charge is -2.36. The van der Waals surface area contributed by atoms with E-state index in [0.717, 1.165) is 29.8 Å². The minimum atomic E-state index is -0.345. The van der Waals surface area contributed by atoms with Crippen molar-refractivity contribution in [2.24, 2.45) is 5.41 Å². The fraction of sp³-hybridized carbons (Fsp3) is 0.158. The number of allylic oxidation sites excluding steroid dienone is 19. The lowest BCUT2D eigenvalue weighted by Crippen LogP contribution is -2.27. The molecule has 0 saturated carbocycles. The average molecular weight is 506 g/mol. The summed E-state index contributed by atoms with van der Waals surface area (Å²) >= 11 is 0. The molecule has 0 radical (unpaired) electrons. The fourth-order valence-corrected chi connectivity index (χ4v) is 6.42. The number of terminal acetylenes is 1. The number of aryl methyl sites for hydroxylation is 1. The molecule has 192 valence electrons. The van der Waals surface area contributed by atoms with Crippen LogP contribution in [0.15, 0.2) is 167 Å². The maximum atomic E-state index is 5.66. The van der Waals surface area contributed by atoms with Crippen molar-refractivity contribution in [3.63, 3.8) is 0 Å². The molecule has 0 aliphatic heterocycles. The van der Waals surface area contributed by atoms with Crippen molar-refractivity contribution >= 4 is 5.69 Å². The molecule has 1 unspecified atom stereocenters. The van der Waals surface area contributed by atoms with Gasteiger partial charge in [0, 0.05) is 17.6 Å². The summed E-state index contributed by atoms with van der Waals surface area (Å²) in [5, 5.41) is 0. The van der Waals surface area contributed by atoms with E-state index in [1.807, 2.05) is 31.2 Å². The molecule has 0 aromatic heterocycles. The summed E-state index contributed by atoms with van der Waals surface area (Å²) in [6.45, 7) is 19.0. The maximum Gasteiger partial charge on any atom is 0.0632 e. The molecular formula is C38H35N. The van der Waals surface area contributed by atoms with E-state index in [2.05, 4.69) is 111 Å². The molecule has 4 aliphatic rings. The first-order valence-electron chi connectivity index (χ1n) is 13.4. The van der Waals surface area contributed by atoms with E-state index in [1.54, 1.807) is 0 Å². The number of fused-ring (bicyclic) bond motifs is 2. The number of nitrogens with zero attached hydrogens (tertiary/aromatic N) is 1. The third-order valence-electron chi connectivity index (χ3n) is 8.08. The van der Waals surface area contributed by atoms with Crippen molar-refractivity contribution in [3.8, 4) is 12.3 Å². The molecule has 1 atom stereocenters. The Kier molecular flexibility index (Phi) is 6.90. The van der Waals surface area contributed by atoms with E-state index in [-0.39, 0.29) is 5.41 Å². The van der Waals surface area contributed by atoms with E-state index < -0.39 is 0 Å². The number of hydrogen-bond donors (Lipinski definition) is 0. The van der Waals surface area contributed by atoms with Gasteiger partial charge in [-0.3, -0.25) is 0 Å². The van der Waals surface area contributed by atoms with Crippen molar-refractivity contribution in [2.75, 3.05) is 4.90 Å². The fourth-order valence-electron chi connectivity index (χ4n) is 6.42. The van der Waals surface area contributed by atoms with Crippen LogP contribution in [-0.4, -0.2) is 0 Å². The molecule has 0 fully saturated rings. The molecule has 1 heteroatoms. The minimum absolute atomic E-state index is 0.345. The second-order valence-corrected chi connectivity index (χ2v) is 10.5. The van der Waals surface area contributed by atoms with E-state index in [0.29, 0.717) is 0 Å². The summed E-state index contributed by atoms with van der Waals surface area (Å²) < 4.78 is 0. The van der Waals surface area contributed by atoms with Gasteiger partial charge >= 0.3 is 0 Å². The first kappa shape index (κ1) is 26.1. The molecule has 1 spiro atoms. The molecule has 39 heavy (non-hydrogen) atoms. The molecule has 0 amide bonds. The Morgan fingerprint density at radius 3 is 2.31 bits per heavy atom.